The van der Waals surface area contributed by atoms with Gasteiger partial charge < -0.3 is 14.9 Å². The lowest BCUT2D eigenvalue weighted by Gasteiger charge is -2.15. The number of likely N-dealkylation sites (tertiary alicyclic amines) is 1. The van der Waals surface area contributed by atoms with Crippen LogP contribution in [0.1, 0.15) is 23.4 Å². The summed E-state index contributed by atoms with van der Waals surface area (Å²) in [5.41, 5.74) is 6.07. The molecule has 0 bridgehead atoms. The average Bonchev–Trinajstić information content (AvgIpc) is 3.19. The maximum atomic E-state index is 11.1. The molecule has 0 aliphatic carbocycles. The van der Waals surface area contributed by atoms with Crippen LogP contribution in [0.3, 0.4) is 0 Å². The molecule has 2 N–H and O–H groups in total. The molecule has 1 aromatic heterocycles. The summed E-state index contributed by atoms with van der Waals surface area (Å²) in [6, 6.07) is 11.0. The summed E-state index contributed by atoms with van der Waals surface area (Å²) in [4.78, 5) is 13.5. The highest BCUT2D eigenvalue weighted by atomic mass is 16.5. The van der Waals surface area contributed by atoms with Crippen molar-refractivity contribution in [2.45, 2.75) is 12.8 Å². The highest BCUT2D eigenvalue weighted by Gasteiger charge is 2.12. The molecule has 1 fully saturated rings. The van der Waals surface area contributed by atoms with Gasteiger partial charge in [0.15, 0.2) is 5.76 Å². The van der Waals surface area contributed by atoms with Gasteiger partial charge in [-0.1, -0.05) is 12.1 Å². The van der Waals surface area contributed by atoms with Crippen LogP contribution >= 0.6 is 0 Å². The Morgan fingerprint density at radius 3 is 2.77 bits per heavy atom. The summed E-state index contributed by atoms with van der Waals surface area (Å²) in [5.74, 6) is 1.01. The molecule has 22 heavy (non-hydrogen) atoms. The Balaban J connectivity index is 1.62. The van der Waals surface area contributed by atoms with Gasteiger partial charge in [-0.3, -0.25) is 9.69 Å². The van der Waals surface area contributed by atoms with Gasteiger partial charge >= 0.3 is 0 Å². The van der Waals surface area contributed by atoms with E-state index in [1.807, 2.05) is 24.3 Å². The second-order valence-corrected chi connectivity index (χ2v) is 5.45. The number of ether oxygens (including phenoxy) is 1. The van der Waals surface area contributed by atoms with E-state index in [0.717, 1.165) is 17.9 Å². The number of nitrogens with two attached hydrogens (primary N) is 1. The molecule has 0 unspecified atom stereocenters. The van der Waals surface area contributed by atoms with Crippen molar-refractivity contribution in [3.05, 3.63) is 42.2 Å². The van der Waals surface area contributed by atoms with Gasteiger partial charge in [0.2, 0.25) is 0 Å². The van der Waals surface area contributed by atoms with Crippen molar-refractivity contribution in [1.82, 2.24) is 4.90 Å². The second kappa shape index (κ2) is 6.66. The van der Waals surface area contributed by atoms with E-state index in [4.69, 9.17) is 14.9 Å². The van der Waals surface area contributed by atoms with Crippen LogP contribution in [0.25, 0.3) is 11.3 Å². The van der Waals surface area contributed by atoms with Crippen LogP contribution in [0.15, 0.2) is 40.8 Å². The lowest BCUT2D eigenvalue weighted by atomic mass is 10.1. The normalized spacial score (nSPS) is 15.1. The molecule has 1 aromatic carbocycles. The third-order valence-electron chi connectivity index (χ3n) is 3.84. The number of hydrogen-bond donors (Lipinski definition) is 1. The first kappa shape index (κ1) is 14.7. The van der Waals surface area contributed by atoms with Gasteiger partial charge in [0.05, 0.1) is 0 Å². The highest BCUT2D eigenvalue weighted by molar-refractivity contribution is 5.90. The third kappa shape index (κ3) is 3.49. The Morgan fingerprint density at radius 1 is 1.23 bits per heavy atom. The molecular formula is C17H20N2O3. The van der Waals surface area contributed by atoms with Crippen molar-refractivity contribution in [2.75, 3.05) is 26.2 Å². The van der Waals surface area contributed by atoms with Crippen molar-refractivity contribution in [3.8, 4) is 17.1 Å². The van der Waals surface area contributed by atoms with Crippen molar-refractivity contribution in [2.24, 2.45) is 5.73 Å². The average molecular weight is 300 g/mol. The van der Waals surface area contributed by atoms with Crippen LogP contribution in [0.5, 0.6) is 5.75 Å². The zero-order valence-electron chi connectivity index (χ0n) is 12.5. The van der Waals surface area contributed by atoms with Crippen LogP contribution in [0.4, 0.5) is 0 Å². The standard InChI is InChI=1S/C17H20N2O3/c18-17(20)16-7-6-15(22-16)13-4-3-5-14(12-13)21-11-10-19-8-1-2-9-19/h3-7,12H,1-2,8-11H2,(H2,18,20). The SMILES string of the molecule is NC(=O)c1ccc(-c2cccc(OCCN3CCCC3)c2)o1. The quantitative estimate of drug-likeness (QED) is 0.890. The molecule has 0 radical (unpaired) electrons. The fraction of sp³-hybridized carbons (Fsp3) is 0.353. The number of rotatable bonds is 6. The molecule has 116 valence electrons. The maximum Gasteiger partial charge on any atom is 0.284 e. The van der Waals surface area contributed by atoms with E-state index in [1.165, 1.54) is 25.9 Å². The Morgan fingerprint density at radius 2 is 2.05 bits per heavy atom. The zero-order valence-corrected chi connectivity index (χ0v) is 12.5. The van der Waals surface area contributed by atoms with Crippen molar-refractivity contribution in [1.29, 1.82) is 0 Å². The summed E-state index contributed by atoms with van der Waals surface area (Å²) in [6.07, 6.45) is 2.58. The Hall–Kier alpha value is -2.27. The van der Waals surface area contributed by atoms with Crippen LogP contribution in [0.2, 0.25) is 0 Å². The van der Waals surface area contributed by atoms with Crippen LogP contribution < -0.4 is 10.5 Å². The first-order chi connectivity index (χ1) is 10.7. The molecule has 5 heteroatoms. The van der Waals surface area contributed by atoms with E-state index in [1.54, 1.807) is 12.1 Å². The number of benzene rings is 1. The molecule has 0 spiro atoms. The summed E-state index contributed by atoms with van der Waals surface area (Å²) < 4.78 is 11.2. The number of nitrogens with zero attached hydrogens (tertiary/aromatic N) is 1. The fourth-order valence-electron chi connectivity index (χ4n) is 2.66. The van der Waals surface area contributed by atoms with Gasteiger partial charge in [0.25, 0.3) is 5.91 Å². The molecule has 1 amide bonds. The smallest absolute Gasteiger partial charge is 0.284 e. The lowest BCUT2D eigenvalue weighted by molar-refractivity contribution is 0.0974. The number of furan rings is 1. The molecule has 2 aromatic rings. The van der Waals surface area contributed by atoms with Crippen molar-refractivity contribution in [3.63, 3.8) is 0 Å². The van der Waals surface area contributed by atoms with E-state index < -0.39 is 5.91 Å². The summed E-state index contributed by atoms with van der Waals surface area (Å²) in [5, 5.41) is 0. The molecule has 1 aliphatic heterocycles. The number of carbonyl (C=O) groups excluding carboxylic acids is 1. The molecule has 1 saturated heterocycles. The minimum Gasteiger partial charge on any atom is -0.492 e. The molecule has 2 heterocycles. The van der Waals surface area contributed by atoms with Gasteiger partial charge in [0, 0.05) is 12.1 Å². The lowest BCUT2D eigenvalue weighted by Crippen LogP contribution is -2.25. The predicted molar refractivity (Wildman–Crippen MR) is 83.8 cm³/mol. The van der Waals surface area contributed by atoms with E-state index in [2.05, 4.69) is 4.90 Å². The predicted octanol–water partition coefficient (Wildman–Crippen LogP) is 2.52. The highest BCUT2D eigenvalue weighted by Crippen LogP contribution is 2.25. The second-order valence-electron chi connectivity index (χ2n) is 5.45. The van der Waals surface area contributed by atoms with Gasteiger partial charge in [-0.05, 0) is 50.2 Å². The molecule has 3 rings (SSSR count). The van der Waals surface area contributed by atoms with Gasteiger partial charge in [-0.2, -0.15) is 0 Å². The molecule has 1 aliphatic rings. The molecule has 0 saturated carbocycles. The van der Waals surface area contributed by atoms with Gasteiger partial charge in [-0.15, -0.1) is 0 Å². The Bertz CT molecular complexity index is 645. The number of amides is 1. The third-order valence-corrected chi connectivity index (χ3v) is 3.84. The summed E-state index contributed by atoms with van der Waals surface area (Å²) in [6.45, 7) is 3.97. The first-order valence-corrected chi connectivity index (χ1v) is 7.57. The van der Waals surface area contributed by atoms with Gasteiger partial charge in [-0.25, -0.2) is 0 Å². The Kier molecular flexibility index (Phi) is 4.44. The van der Waals surface area contributed by atoms with Crippen LogP contribution in [-0.4, -0.2) is 37.0 Å². The fourth-order valence-corrected chi connectivity index (χ4v) is 2.66. The minimum absolute atomic E-state index is 0.162. The number of primary amides is 1. The van der Waals surface area contributed by atoms with E-state index in [0.29, 0.717) is 12.4 Å². The topological polar surface area (TPSA) is 68.7 Å². The van der Waals surface area contributed by atoms with E-state index >= 15 is 0 Å². The van der Waals surface area contributed by atoms with Crippen molar-refractivity contribution < 1.29 is 13.9 Å². The van der Waals surface area contributed by atoms with Crippen LogP contribution in [0, 0.1) is 0 Å². The molecular weight excluding hydrogens is 280 g/mol. The molecule has 0 atom stereocenters. The monoisotopic (exact) mass is 300 g/mol. The Labute approximate surface area is 129 Å². The van der Waals surface area contributed by atoms with E-state index in [9.17, 15) is 4.79 Å². The van der Waals surface area contributed by atoms with E-state index in [-0.39, 0.29) is 5.76 Å². The van der Waals surface area contributed by atoms with Crippen LogP contribution in [-0.2, 0) is 0 Å². The largest absolute Gasteiger partial charge is 0.492 e. The maximum absolute atomic E-state index is 11.1. The number of hydrogen-bond acceptors (Lipinski definition) is 4. The van der Waals surface area contributed by atoms with Gasteiger partial charge in [0.1, 0.15) is 18.1 Å². The number of carbonyl (C=O) groups is 1. The molecule has 5 nitrogen and oxygen atoms in total. The zero-order chi connectivity index (χ0) is 15.4. The first-order valence-electron chi connectivity index (χ1n) is 7.57. The van der Waals surface area contributed by atoms with Crippen molar-refractivity contribution >= 4 is 5.91 Å². The summed E-state index contributed by atoms with van der Waals surface area (Å²) in [7, 11) is 0. The minimum atomic E-state index is -0.565. The summed E-state index contributed by atoms with van der Waals surface area (Å²) >= 11 is 0.